The highest BCUT2D eigenvalue weighted by Gasteiger charge is 2.74. The lowest BCUT2D eigenvalue weighted by Gasteiger charge is -2.64. The van der Waals surface area contributed by atoms with Crippen LogP contribution in [0.2, 0.25) is 0 Å². The van der Waals surface area contributed by atoms with Crippen LogP contribution in [-0.4, -0.2) is 22.9 Å². The average molecular weight is 419 g/mol. The molecule has 7 atom stereocenters. The molecule has 6 heteroatoms. The molecule has 4 aliphatic carbocycles. The molecular formula is C23H34F4O2. The molecule has 0 amide bonds. The molecule has 2 nitrogen and oxygen atoms in total. The molecule has 4 fully saturated rings. The minimum atomic E-state index is -2.98. The summed E-state index contributed by atoms with van der Waals surface area (Å²) in [5.41, 5.74) is -1.86. The molecule has 4 saturated carbocycles. The topological polar surface area (TPSA) is 37.3 Å². The summed E-state index contributed by atoms with van der Waals surface area (Å²) in [6.07, 6.45) is 4.43. The van der Waals surface area contributed by atoms with Crippen molar-refractivity contribution >= 4 is 5.97 Å². The molecule has 0 bridgehead atoms. The summed E-state index contributed by atoms with van der Waals surface area (Å²) in [7, 11) is 0. The standard InChI is InChI=1S/C23H34F4O2/c1-20-11-4-3-6-15(20)12-22(24,25)19-16-10-9-14(7-5-8-18(28)29)21(16,2)23(26,27)13-17(19)20/h14-17,19H,3-13H2,1-2H3,(H,28,29). The summed E-state index contributed by atoms with van der Waals surface area (Å²) in [6.45, 7) is 3.56. The van der Waals surface area contributed by atoms with Crippen molar-refractivity contribution in [1.82, 2.24) is 0 Å². The lowest BCUT2D eigenvalue weighted by atomic mass is 9.43. The van der Waals surface area contributed by atoms with Gasteiger partial charge in [0.05, 0.1) is 0 Å². The van der Waals surface area contributed by atoms with Gasteiger partial charge in [-0.25, -0.2) is 17.6 Å². The quantitative estimate of drug-likeness (QED) is 0.511. The van der Waals surface area contributed by atoms with E-state index in [1.54, 1.807) is 0 Å². The van der Waals surface area contributed by atoms with Crippen LogP contribution in [0.5, 0.6) is 0 Å². The van der Waals surface area contributed by atoms with Crippen LogP contribution in [0.4, 0.5) is 17.6 Å². The lowest BCUT2D eigenvalue weighted by Crippen LogP contribution is -2.65. The maximum atomic E-state index is 15.8. The summed E-state index contributed by atoms with van der Waals surface area (Å²) < 4.78 is 62.5. The van der Waals surface area contributed by atoms with E-state index in [-0.39, 0.29) is 24.7 Å². The molecule has 1 N–H and O–H groups in total. The van der Waals surface area contributed by atoms with Crippen LogP contribution in [0.15, 0.2) is 0 Å². The molecule has 0 aromatic carbocycles. The van der Waals surface area contributed by atoms with Gasteiger partial charge in [0.25, 0.3) is 11.8 Å². The van der Waals surface area contributed by atoms with Crippen molar-refractivity contribution in [1.29, 1.82) is 0 Å². The Morgan fingerprint density at radius 3 is 2.41 bits per heavy atom. The Balaban J connectivity index is 1.68. The Labute approximate surface area is 170 Å². The maximum absolute atomic E-state index is 15.8. The van der Waals surface area contributed by atoms with E-state index >= 15 is 17.6 Å². The number of rotatable bonds is 4. The highest BCUT2D eigenvalue weighted by molar-refractivity contribution is 5.66. The Morgan fingerprint density at radius 2 is 1.72 bits per heavy atom. The van der Waals surface area contributed by atoms with E-state index in [4.69, 9.17) is 5.11 Å². The van der Waals surface area contributed by atoms with Gasteiger partial charge < -0.3 is 5.11 Å². The van der Waals surface area contributed by atoms with Crippen molar-refractivity contribution in [3.8, 4) is 0 Å². The fraction of sp³-hybridized carbons (Fsp3) is 0.957. The van der Waals surface area contributed by atoms with Crippen LogP contribution in [-0.2, 0) is 4.79 Å². The SMILES string of the molecule is CC12CCCCC1CC(F)(F)C1C2CC(F)(F)C2(C)C(CCCC(=O)O)CCC12. The first kappa shape index (κ1) is 21.4. The monoisotopic (exact) mass is 418 g/mol. The maximum Gasteiger partial charge on any atom is 0.303 e. The number of alkyl halides is 4. The van der Waals surface area contributed by atoms with E-state index in [9.17, 15) is 4.79 Å². The summed E-state index contributed by atoms with van der Waals surface area (Å²) >= 11 is 0. The molecule has 7 unspecified atom stereocenters. The van der Waals surface area contributed by atoms with E-state index in [0.717, 1.165) is 25.7 Å². The second-order valence-electron chi connectivity index (χ2n) is 10.9. The van der Waals surface area contributed by atoms with E-state index < -0.39 is 52.8 Å². The Hall–Kier alpha value is -0.810. The van der Waals surface area contributed by atoms with Crippen molar-refractivity contribution in [2.75, 3.05) is 0 Å². The number of carboxylic acids is 1. The summed E-state index contributed by atoms with van der Waals surface area (Å²) in [4.78, 5) is 10.9. The number of carboxylic acid groups (broad SMARTS) is 1. The average Bonchev–Trinajstić information content (AvgIpc) is 2.94. The largest absolute Gasteiger partial charge is 0.481 e. The zero-order chi connectivity index (χ0) is 21.2. The molecule has 0 radical (unpaired) electrons. The number of hydrogen-bond donors (Lipinski definition) is 1. The van der Waals surface area contributed by atoms with Gasteiger partial charge in [0.2, 0.25) is 0 Å². The fourth-order valence-electron chi connectivity index (χ4n) is 8.20. The number of halogens is 4. The van der Waals surface area contributed by atoms with Crippen LogP contribution in [0.1, 0.15) is 84.5 Å². The summed E-state index contributed by atoms with van der Waals surface area (Å²) in [6, 6.07) is 0. The Morgan fingerprint density at radius 1 is 1.00 bits per heavy atom. The predicted octanol–water partition coefficient (Wildman–Crippen LogP) is 6.78. The Bertz CT molecular complexity index is 665. The van der Waals surface area contributed by atoms with Gasteiger partial charge in [-0.3, -0.25) is 4.79 Å². The highest BCUT2D eigenvalue weighted by Crippen LogP contribution is 2.74. The molecule has 0 aromatic rings. The van der Waals surface area contributed by atoms with E-state index in [1.165, 1.54) is 6.92 Å². The van der Waals surface area contributed by atoms with Gasteiger partial charge in [-0.05, 0) is 67.6 Å². The molecule has 0 aliphatic heterocycles. The molecule has 4 aliphatic rings. The fourth-order valence-corrected chi connectivity index (χ4v) is 8.20. The van der Waals surface area contributed by atoms with Gasteiger partial charge in [-0.1, -0.05) is 26.7 Å². The third kappa shape index (κ3) is 3.05. The molecule has 0 aromatic heterocycles. The minimum Gasteiger partial charge on any atom is -0.481 e. The van der Waals surface area contributed by atoms with Gasteiger partial charge in [0.15, 0.2) is 0 Å². The molecule has 166 valence electrons. The van der Waals surface area contributed by atoms with Crippen LogP contribution in [0.3, 0.4) is 0 Å². The van der Waals surface area contributed by atoms with Crippen molar-refractivity contribution in [3.63, 3.8) is 0 Å². The summed E-state index contributed by atoms with van der Waals surface area (Å²) in [5.74, 6) is -9.60. The summed E-state index contributed by atoms with van der Waals surface area (Å²) in [5, 5.41) is 8.90. The van der Waals surface area contributed by atoms with Crippen LogP contribution in [0.25, 0.3) is 0 Å². The van der Waals surface area contributed by atoms with Gasteiger partial charge in [-0.2, -0.15) is 0 Å². The normalized spacial score (nSPS) is 47.7. The highest BCUT2D eigenvalue weighted by atomic mass is 19.3. The Kier molecular flexibility index (Phi) is 5.06. The predicted molar refractivity (Wildman–Crippen MR) is 102 cm³/mol. The minimum absolute atomic E-state index is 0.0508. The van der Waals surface area contributed by atoms with Gasteiger partial charge >= 0.3 is 5.97 Å². The van der Waals surface area contributed by atoms with E-state index in [1.807, 2.05) is 6.92 Å². The van der Waals surface area contributed by atoms with Crippen LogP contribution in [0, 0.1) is 40.4 Å². The van der Waals surface area contributed by atoms with Crippen molar-refractivity contribution in [2.45, 2.75) is 96.3 Å². The first-order chi connectivity index (χ1) is 13.4. The van der Waals surface area contributed by atoms with Gasteiger partial charge in [0, 0.05) is 30.6 Å². The van der Waals surface area contributed by atoms with Crippen molar-refractivity contribution in [3.05, 3.63) is 0 Å². The zero-order valence-corrected chi connectivity index (χ0v) is 17.5. The second kappa shape index (κ2) is 6.85. The number of fused-ring (bicyclic) bond motifs is 5. The number of hydrogen-bond acceptors (Lipinski definition) is 1. The first-order valence-corrected chi connectivity index (χ1v) is 11.4. The number of carbonyl (C=O) groups is 1. The molecular weight excluding hydrogens is 384 g/mol. The van der Waals surface area contributed by atoms with Crippen molar-refractivity contribution < 1.29 is 27.5 Å². The molecule has 0 heterocycles. The van der Waals surface area contributed by atoms with Gasteiger partial charge in [0.1, 0.15) is 0 Å². The van der Waals surface area contributed by atoms with Crippen molar-refractivity contribution in [2.24, 2.45) is 40.4 Å². The molecule has 0 saturated heterocycles. The second-order valence-corrected chi connectivity index (χ2v) is 10.9. The van der Waals surface area contributed by atoms with E-state index in [2.05, 4.69) is 0 Å². The lowest BCUT2D eigenvalue weighted by molar-refractivity contribution is -0.291. The molecule has 29 heavy (non-hydrogen) atoms. The number of aliphatic carboxylic acids is 1. The van der Waals surface area contributed by atoms with Crippen LogP contribution >= 0.6 is 0 Å². The molecule has 0 spiro atoms. The van der Waals surface area contributed by atoms with E-state index in [0.29, 0.717) is 25.7 Å². The van der Waals surface area contributed by atoms with Crippen LogP contribution < -0.4 is 0 Å². The zero-order valence-electron chi connectivity index (χ0n) is 17.5. The third-order valence-electron chi connectivity index (χ3n) is 9.82. The smallest absolute Gasteiger partial charge is 0.303 e. The molecule has 4 rings (SSSR count). The first-order valence-electron chi connectivity index (χ1n) is 11.4. The third-order valence-corrected chi connectivity index (χ3v) is 9.82. The van der Waals surface area contributed by atoms with Gasteiger partial charge in [-0.15, -0.1) is 0 Å².